The predicted molar refractivity (Wildman–Crippen MR) is 95.1 cm³/mol. The summed E-state index contributed by atoms with van der Waals surface area (Å²) < 4.78 is 1.90. The molecule has 0 radical (unpaired) electrons. The number of aryl methyl sites for hydroxylation is 2. The van der Waals surface area contributed by atoms with E-state index >= 15 is 0 Å². The smallest absolute Gasteiger partial charge is 0.257 e. The Hall–Kier alpha value is -1.01. The van der Waals surface area contributed by atoms with Gasteiger partial charge in [-0.25, -0.2) is 0 Å². The molecule has 128 valence electrons. The Morgan fingerprint density at radius 2 is 1.96 bits per heavy atom. The summed E-state index contributed by atoms with van der Waals surface area (Å²) in [5.41, 5.74) is 1.64. The molecule has 0 bridgehead atoms. The Kier molecular flexibility index (Phi) is 5.64. The van der Waals surface area contributed by atoms with E-state index in [9.17, 15) is 4.79 Å². The molecule has 3 rings (SSSR count). The average Bonchev–Trinajstić information content (AvgIpc) is 2.96. The van der Waals surface area contributed by atoms with Crippen molar-refractivity contribution < 1.29 is 4.79 Å². The molecule has 2 saturated heterocycles. The van der Waals surface area contributed by atoms with Crippen molar-refractivity contribution in [2.75, 3.05) is 37.7 Å². The minimum atomic E-state index is 0.164. The molecule has 0 spiro atoms. The van der Waals surface area contributed by atoms with Gasteiger partial charge < -0.3 is 4.90 Å². The van der Waals surface area contributed by atoms with Crippen LogP contribution in [-0.2, 0) is 6.54 Å². The summed E-state index contributed by atoms with van der Waals surface area (Å²) >= 11 is 2.06. The Bertz CT molecular complexity index is 531. The van der Waals surface area contributed by atoms with Gasteiger partial charge in [0.25, 0.3) is 5.91 Å². The molecule has 0 atom stereocenters. The van der Waals surface area contributed by atoms with Gasteiger partial charge in [-0.15, -0.1) is 0 Å². The fourth-order valence-electron chi connectivity index (χ4n) is 3.62. The van der Waals surface area contributed by atoms with E-state index in [-0.39, 0.29) is 5.91 Å². The zero-order valence-corrected chi connectivity index (χ0v) is 15.1. The van der Waals surface area contributed by atoms with E-state index in [1.807, 2.05) is 22.7 Å². The molecule has 23 heavy (non-hydrogen) atoms. The van der Waals surface area contributed by atoms with E-state index in [0.717, 1.165) is 50.2 Å². The second kappa shape index (κ2) is 7.71. The fourth-order valence-corrected chi connectivity index (χ4v) is 4.55. The van der Waals surface area contributed by atoms with Gasteiger partial charge in [0.05, 0.1) is 11.3 Å². The molecule has 0 aromatic carbocycles. The molecule has 0 aliphatic carbocycles. The van der Waals surface area contributed by atoms with Crippen LogP contribution in [0, 0.1) is 6.92 Å². The summed E-state index contributed by atoms with van der Waals surface area (Å²) in [4.78, 5) is 17.4. The minimum Gasteiger partial charge on any atom is -0.338 e. The monoisotopic (exact) mass is 336 g/mol. The third-order valence-electron chi connectivity index (χ3n) is 4.94. The Labute approximate surface area is 143 Å². The van der Waals surface area contributed by atoms with E-state index < -0.39 is 0 Å². The number of likely N-dealkylation sites (tertiary alicyclic amines) is 1. The van der Waals surface area contributed by atoms with Crippen LogP contribution in [0.2, 0.25) is 0 Å². The first-order valence-electron chi connectivity index (χ1n) is 8.84. The third kappa shape index (κ3) is 3.91. The molecule has 3 heterocycles. The number of aromatic nitrogens is 2. The lowest BCUT2D eigenvalue weighted by Crippen LogP contribution is -2.49. The number of carbonyl (C=O) groups is 1. The van der Waals surface area contributed by atoms with Gasteiger partial charge in [-0.05, 0) is 26.2 Å². The molecule has 5 nitrogen and oxygen atoms in total. The number of nitrogens with zero attached hydrogens (tertiary/aromatic N) is 4. The summed E-state index contributed by atoms with van der Waals surface area (Å²) in [6.45, 7) is 9.14. The molecule has 2 aliphatic rings. The lowest BCUT2D eigenvalue weighted by molar-refractivity contribution is 0.0630. The molecule has 0 saturated carbocycles. The summed E-state index contributed by atoms with van der Waals surface area (Å²) in [7, 11) is 0. The molecule has 1 aromatic heterocycles. The number of carbonyl (C=O) groups excluding carboxylic acids is 1. The van der Waals surface area contributed by atoms with Crippen LogP contribution < -0.4 is 0 Å². The normalized spacial score (nSPS) is 20.9. The third-order valence-corrected chi connectivity index (χ3v) is 5.89. The standard InChI is InChI=1S/C17H28N4OS/c1-3-6-21-13-16(14(2)18-21)17(22)20-7-4-15(5-8-20)19-9-11-23-12-10-19/h13,15H,3-12H2,1-2H3. The highest BCUT2D eigenvalue weighted by Gasteiger charge is 2.29. The highest BCUT2D eigenvalue weighted by atomic mass is 32.2. The molecule has 1 amide bonds. The number of thioether (sulfide) groups is 1. The topological polar surface area (TPSA) is 41.4 Å². The Morgan fingerprint density at radius 1 is 1.26 bits per heavy atom. The number of amides is 1. The molecule has 0 unspecified atom stereocenters. The van der Waals surface area contributed by atoms with Crippen LogP contribution in [-0.4, -0.2) is 69.2 Å². The summed E-state index contributed by atoms with van der Waals surface area (Å²) in [5, 5.41) is 4.46. The van der Waals surface area contributed by atoms with Crippen molar-refractivity contribution >= 4 is 17.7 Å². The first kappa shape index (κ1) is 16.8. The summed E-state index contributed by atoms with van der Waals surface area (Å²) in [6, 6.07) is 0.670. The van der Waals surface area contributed by atoms with E-state index in [2.05, 4.69) is 28.7 Å². The van der Waals surface area contributed by atoms with Crippen LogP contribution in [0.5, 0.6) is 0 Å². The lowest BCUT2D eigenvalue weighted by atomic mass is 10.0. The van der Waals surface area contributed by atoms with Crippen LogP contribution in [0.1, 0.15) is 42.2 Å². The van der Waals surface area contributed by atoms with E-state index in [4.69, 9.17) is 0 Å². The second-order valence-electron chi connectivity index (χ2n) is 6.56. The van der Waals surface area contributed by atoms with Gasteiger partial charge >= 0.3 is 0 Å². The van der Waals surface area contributed by atoms with E-state index in [0.29, 0.717) is 6.04 Å². The quantitative estimate of drug-likeness (QED) is 0.846. The Balaban J connectivity index is 1.57. The van der Waals surface area contributed by atoms with Crippen LogP contribution in [0.3, 0.4) is 0 Å². The number of piperidine rings is 1. The number of rotatable bonds is 4. The first-order valence-corrected chi connectivity index (χ1v) is 9.99. The van der Waals surface area contributed by atoms with Gasteiger partial charge in [-0.1, -0.05) is 6.92 Å². The summed E-state index contributed by atoms with van der Waals surface area (Å²) in [5.74, 6) is 2.68. The minimum absolute atomic E-state index is 0.164. The van der Waals surface area contributed by atoms with Gasteiger partial charge in [0.2, 0.25) is 0 Å². The maximum Gasteiger partial charge on any atom is 0.257 e. The van der Waals surface area contributed by atoms with Crippen LogP contribution in [0.25, 0.3) is 0 Å². The second-order valence-corrected chi connectivity index (χ2v) is 7.79. The van der Waals surface area contributed by atoms with Gasteiger partial charge in [-0.2, -0.15) is 16.9 Å². The van der Waals surface area contributed by atoms with Crippen molar-refractivity contribution in [2.24, 2.45) is 0 Å². The largest absolute Gasteiger partial charge is 0.338 e. The van der Waals surface area contributed by atoms with Crippen molar-refractivity contribution in [3.63, 3.8) is 0 Å². The maximum atomic E-state index is 12.8. The molecule has 6 heteroatoms. The molecule has 0 N–H and O–H groups in total. The van der Waals surface area contributed by atoms with Crippen molar-refractivity contribution in [2.45, 2.75) is 45.7 Å². The number of hydrogen-bond acceptors (Lipinski definition) is 4. The molecule has 2 fully saturated rings. The van der Waals surface area contributed by atoms with Crippen molar-refractivity contribution in [1.29, 1.82) is 0 Å². The van der Waals surface area contributed by atoms with Crippen molar-refractivity contribution in [3.05, 3.63) is 17.5 Å². The van der Waals surface area contributed by atoms with E-state index in [1.54, 1.807) is 0 Å². The van der Waals surface area contributed by atoms with Crippen molar-refractivity contribution in [3.8, 4) is 0 Å². The maximum absolute atomic E-state index is 12.8. The zero-order valence-electron chi connectivity index (χ0n) is 14.3. The zero-order chi connectivity index (χ0) is 16.2. The predicted octanol–water partition coefficient (Wildman–Crippen LogP) is 2.25. The summed E-state index contributed by atoms with van der Waals surface area (Å²) in [6.07, 6.45) is 5.18. The molecule has 2 aliphatic heterocycles. The van der Waals surface area contributed by atoms with Gasteiger partial charge in [0.1, 0.15) is 0 Å². The van der Waals surface area contributed by atoms with E-state index in [1.165, 1.54) is 24.6 Å². The Morgan fingerprint density at radius 3 is 2.61 bits per heavy atom. The average molecular weight is 337 g/mol. The first-order chi connectivity index (χ1) is 11.2. The highest BCUT2D eigenvalue weighted by molar-refractivity contribution is 7.99. The SMILES string of the molecule is CCCn1cc(C(=O)N2CCC(N3CCSCC3)CC2)c(C)n1. The van der Waals surface area contributed by atoms with Crippen LogP contribution >= 0.6 is 11.8 Å². The highest BCUT2D eigenvalue weighted by Crippen LogP contribution is 2.22. The van der Waals surface area contributed by atoms with Crippen LogP contribution in [0.15, 0.2) is 6.20 Å². The van der Waals surface area contributed by atoms with Crippen LogP contribution in [0.4, 0.5) is 0 Å². The van der Waals surface area contributed by atoms with Gasteiger partial charge in [0, 0.05) is 56.5 Å². The molecule has 1 aromatic rings. The van der Waals surface area contributed by atoms with Gasteiger partial charge in [0.15, 0.2) is 0 Å². The van der Waals surface area contributed by atoms with Crippen molar-refractivity contribution in [1.82, 2.24) is 19.6 Å². The molecular weight excluding hydrogens is 308 g/mol. The van der Waals surface area contributed by atoms with Gasteiger partial charge in [-0.3, -0.25) is 14.4 Å². The molecular formula is C17H28N4OS. The lowest BCUT2D eigenvalue weighted by Gasteiger charge is -2.40. The fraction of sp³-hybridized carbons (Fsp3) is 0.765. The number of hydrogen-bond donors (Lipinski definition) is 0.